The van der Waals surface area contributed by atoms with Gasteiger partial charge in [-0.3, -0.25) is 4.99 Å². The summed E-state index contributed by atoms with van der Waals surface area (Å²) in [7, 11) is 0. The highest BCUT2D eigenvalue weighted by Gasteiger charge is 2.28. The summed E-state index contributed by atoms with van der Waals surface area (Å²) in [5, 5.41) is 0. The first-order valence-corrected chi connectivity index (χ1v) is 9.44. The lowest BCUT2D eigenvalue weighted by atomic mass is 9.89. The molecular weight excluding hydrogens is 296 g/mol. The summed E-state index contributed by atoms with van der Waals surface area (Å²) in [4.78, 5) is 7.19. The highest BCUT2D eigenvalue weighted by atomic mass is 16.5. The Balaban J connectivity index is 1.76. The second-order valence-electron chi connectivity index (χ2n) is 7.41. The van der Waals surface area contributed by atoms with Crippen LogP contribution in [0.5, 0.6) is 5.75 Å². The highest BCUT2D eigenvalue weighted by molar-refractivity contribution is 5.99. The van der Waals surface area contributed by atoms with Gasteiger partial charge in [0.15, 0.2) is 0 Å². The summed E-state index contributed by atoms with van der Waals surface area (Å²) in [6, 6.07) is 2.37. The Morgan fingerprint density at radius 1 is 1.08 bits per heavy atom. The Morgan fingerprint density at radius 3 is 2.67 bits per heavy atom. The van der Waals surface area contributed by atoms with E-state index in [0.717, 1.165) is 43.0 Å². The van der Waals surface area contributed by atoms with Gasteiger partial charge in [-0.15, -0.1) is 0 Å². The van der Waals surface area contributed by atoms with Gasteiger partial charge in [-0.1, -0.05) is 6.07 Å². The largest absolute Gasteiger partial charge is 0.461 e. The molecule has 0 fully saturated rings. The Labute approximate surface area is 145 Å². The molecule has 0 atom stereocenters. The average Bonchev–Trinajstić information content (AvgIpc) is 2.59. The molecule has 0 aromatic heterocycles. The Bertz CT molecular complexity index is 728. The van der Waals surface area contributed by atoms with Crippen molar-refractivity contribution in [2.24, 2.45) is 4.99 Å². The number of hydrogen-bond acceptors (Lipinski definition) is 3. The highest BCUT2D eigenvalue weighted by Crippen LogP contribution is 2.43. The minimum absolute atomic E-state index is 0.959. The summed E-state index contributed by atoms with van der Waals surface area (Å²) >= 11 is 0. The lowest BCUT2D eigenvalue weighted by molar-refractivity contribution is 0.410. The fourth-order valence-corrected chi connectivity index (χ4v) is 4.56. The van der Waals surface area contributed by atoms with E-state index in [9.17, 15) is 0 Å². The van der Waals surface area contributed by atoms with Crippen molar-refractivity contribution in [3.63, 3.8) is 0 Å². The molecule has 0 unspecified atom stereocenters. The average molecular weight is 324 g/mol. The van der Waals surface area contributed by atoms with Gasteiger partial charge in [0.05, 0.1) is 0 Å². The van der Waals surface area contributed by atoms with Crippen LogP contribution in [0.1, 0.15) is 56.2 Å². The van der Waals surface area contributed by atoms with E-state index in [1.165, 1.54) is 60.3 Å². The summed E-state index contributed by atoms with van der Waals surface area (Å²) in [5.41, 5.74) is 8.21. The molecule has 0 radical (unpaired) electrons. The standard InChI is InChI=1S/C21H28N2O/c1-14-13-17-7-5-11-23-12-6-9-19(20(17)23)21(14)24-16(3)18-8-4-10-22-15(18)2/h13H,4-12H2,1-3H3/b18-16+. The molecule has 1 aromatic rings. The molecular formula is C21H28N2O. The van der Waals surface area contributed by atoms with Crippen molar-refractivity contribution in [2.45, 2.75) is 59.3 Å². The van der Waals surface area contributed by atoms with Gasteiger partial charge in [0.1, 0.15) is 11.5 Å². The summed E-state index contributed by atoms with van der Waals surface area (Å²) in [6.45, 7) is 9.81. The monoisotopic (exact) mass is 324 g/mol. The number of hydrogen-bond donors (Lipinski definition) is 0. The summed E-state index contributed by atoms with van der Waals surface area (Å²) < 4.78 is 6.50. The van der Waals surface area contributed by atoms with E-state index < -0.39 is 0 Å². The van der Waals surface area contributed by atoms with Crippen LogP contribution in [0.15, 0.2) is 22.4 Å². The molecule has 3 aliphatic rings. The molecule has 3 heterocycles. The van der Waals surface area contributed by atoms with Gasteiger partial charge >= 0.3 is 0 Å². The van der Waals surface area contributed by atoms with Crippen molar-refractivity contribution >= 4 is 11.4 Å². The van der Waals surface area contributed by atoms with Crippen molar-refractivity contribution in [1.29, 1.82) is 0 Å². The molecule has 0 aliphatic carbocycles. The predicted molar refractivity (Wildman–Crippen MR) is 101 cm³/mol. The maximum absolute atomic E-state index is 6.50. The lowest BCUT2D eigenvalue weighted by Crippen LogP contribution is -2.34. The van der Waals surface area contributed by atoms with E-state index >= 15 is 0 Å². The van der Waals surface area contributed by atoms with Crippen LogP contribution < -0.4 is 9.64 Å². The molecule has 0 amide bonds. The molecule has 3 nitrogen and oxygen atoms in total. The Morgan fingerprint density at radius 2 is 1.88 bits per heavy atom. The quantitative estimate of drug-likeness (QED) is 0.743. The molecule has 0 spiro atoms. The smallest absolute Gasteiger partial charge is 0.135 e. The van der Waals surface area contributed by atoms with Crippen molar-refractivity contribution < 1.29 is 4.74 Å². The number of aryl methyl sites for hydroxylation is 2. The fourth-order valence-electron chi connectivity index (χ4n) is 4.56. The van der Waals surface area contributed by atoms with E-state index in [-0.39, 0.29) is 0 Å². The van der Waals surface area contributed by atoms with Gasteiger partial charge in [-0.05, 0) is 70.4 Å². The van der Waals surface area contributed by atoms with Crippen LogP contribution in [-0.4, -0.2) is 25.3 Å². The molecule has 3 heteroatoms. The number of allylic oxidation sites excluding steroid dienone is 2. The van der Waals surface area contributed by atoms with E-state index in [0.29, 0.717) is 0 Å². The number of rotatable bonds is 2. The van der Waals surface area contributed by atoms with Gasteiger partial charge in [0.2, 0.25) is 0 Å². The number of benzene rings is 1. The normalized spacial score (nSPS) is 22.0. The van der Waals surface area contributed by atoms with E-state index in [4.69, 9.17) is 4.74 Å². The first-order valence-electron chi connectivity index (χ1n) is 9.44. The van der Waals surface area contributed by atoms with Crippen LogP contribution in [0, 0.1) is 6.92 Å². The van der Waals surface area contributed by atoms with Gasteiger partial charge < -0.3 is 9.64 Å². The zero-order valence-electron chi connectivity index (χ0n) is 15.2. The Kier molecular flexibility index (Phi) is 4.11. The summed E-state index contributed by atoms with van der Waals surface area (Å²) in [6.07, 6.45) is 7.11. The maximum Gasteiger partial charge on any atom is 0.135 e. The Hall–Kier alpha value is -1.77. The number of anilines is 1. The molecule has 0 saturated heterocycles. The summed E-state index contributed by atoms with van der Waals surface area (Å²) in [5.74, 6) is 2.16. The van der Waals surface area contributed by atoms with Crippen molar-refractivity contribution in [3.8, 4) is 5.75 Å². The molecule has 1 aromatic carbocycles. The second-order valence-corrected chi connectivity index (χ2v) is 7.41. The van der Waals surface area contributed by atoms with Crippen LogP contribution in [0.2, 0.25) is 0 Å². The van der Waals surface area contributed by atoms with E-state index in [2.05, 4.69) is 36.7 Å². The minimum atomic E-state index is 0.959. The van der Waals surface area contributed by atoms with Crippen LogP contribution in [0.3, 0.4) is 0 Å². The van der Waals surface area contributed by atoms with Gasteiger partial charge in [0, 0.05) is 42.2 Å². The molecule has 0 N–H and O–H groups in total. The zero-order valence-corrected chi connectivity index (χ0v) is 15.2. The zero-order chi connectivity index (χ0) is 16.7. The topological polar surface area (TPSA) is 24.8 Å². The first kappa shape index (κ1) is 15.7. The number of nitrogens with zero attached hydrogens (tertiary/aromatic N) is 2. The fraction of sp³-hybridized carbons (Fsp3) is 0.571. The minimum Gasteiger partial charge on any atom is -0.461 e. The second kappa shape index (κ2) is 6.27. The number of aliphatic imine (C=N–C) groups is 1. The van der Waals surface area contributed by atoms with Crippen LogP contribution >= 0.6 is 0 Å². The van der Waals surface area contributed by atoms with Crippen molar-refractivity contribution in [1.82, 2.24) is 0 Å². The van der Waals surface area contributed by atoms with Crippen molar-refractivity contribution in [2.75, 3.05) is 24.5 Å². The predicted octanol–water partition coefficient (Wildman–Crippen LogP) is 4.60. The third kappa shape index (κ3) is 2.64. The molecule has 128 valence electrons. The molecule has 24 heavy (non-hydrogen) atoms. The SMILES string of the molecule is CC1=NCCC/C1=C(/C)Oc1c(C)cc2c3c1CCCN3CCC2. The molecule has 0 bridgehead atoms. The van der Waals surface area contributed by atoms with Crippen LogP contribution in [0.4, 0.5) is 5.69 Å². The van der Waals surface area contributed by atoms with Gasteiger partial charge in [0.25, 0.3) is 0 Å². The van der Waals surface area contributed by atoms with E-state index in [1.807, 2.05) is 0 Å². The maximum atomic E-state index is 6.50. The van der Waals surface area contributed by atoms with Crippen LogP contribution in [0.25, 0.3) is 0 Å². The molecule has 0 saturated carbocycles. The van der Waals surface area contributed by atoms with E-state index in [1.54, 1.807) is 0 Å². The molecule has 3 aliphatic heterocycles. The van der Waals surface area contributed by atoms with Crippen LogP contribution in [-0.2, 0) is 12.8 Å². The van der Waals surface area contributed by atoms with Gasteiger partial charge in [-0.25, -0.2) is 0 Å². The third-order valence-electron chi connectivity index (χ3n) is 5.71. The third-order valence-corrected chi connectivity index (χ3v) is 5.71. The van der Waals surface area contributed by atoms with Crippen molar-refractivity contribution in [3.05, 3.63) is 34.1 Å². The van der Waals surface area contributed by atoms with Gasteiger partial charge in [-0.2, -0.15) is 0 Å². The first-order chi connectivity index (χ1) is 11.6. The lowest BCUT2D eigenvalue weighted by Gasteiger charge is -2.38. The molecule has 4 rings (SSSR count). The number of ether oxygens (including phenoxy) is 1.